The van der Waals surface area contributed by atoms with Gasteiger partial charge in [-0.2, -0.15) is 0 Å². The number of nitrogens with one attached hydrogen (secondary N) is 1. The molecule has 2 aliphatic heterocycles. The predicted octanol–water partition coefficient (Wildman–Crippen LogP) is 4.05. The van der Waals surface area contributed by atoms with Gasteiger partial charge in [-0.15, -0.1) is 0 Å². The van der Waals surface area contributed by atoms with E-state index in [4.69, 9.17) is 0 Å². The number of rotatable bonds is 3. The number of carbonyl (C=O) groups excluding carboxylic acids is 1. The number of carbonyl (C=O) groups is 1. The monoisotopic (exact) mass is 374 g/mol. The minimum atomic E-state index is -0.113. The number of pyridine rings is 1. The fraction of sp³-hybridized carbons (Fsp3) is 0.391. The van der Waals surface area contributed by atoms with Gasteiger partial charge in [0, 0.05) is 19.2 Å². The molecule has 0 spiro atoms. The molecule has 0 bridgehead atoms. The molecule has 144 valence electrons. The molecule has 5 nitrogen and oxygen atoms in total. The van der Waals surface area contributed by atoms with Crippen molar-refractivity contribution in [3.63, 3.8) is 0 Å². The highest BCUT2D eigenvalue weighted by Gasteiger charge is 2.28. The first-order valence-electron chi connectivity index (χ1n) is 10.1. The second-order valence-electron chi connectivity index (χ2n) is 7.37. The van der Waals surface area contributed by atoms with Crippen LogP contribution in [0.4, 0.5) is 17.2 Å². The summed E-state index contributed by atoms with van der Waals surface area (Å²) in [7, 11) is 0. The molecule has 1 atom stereocenters. The molecule has 1 aromatic heterocycles. The van der Waals surface area contributed by atoms with Gasteiger partial charge in [0.25, 0.3) is 5.91 Å². The number of nitrogens with zero attached hydrogens (tertiary/aromatic N) is 3. The lowest BCUT2D eigenvalue weighted by Gasteiger charge is -2.28. The summed E-state index contributed by atoms with van der Waals surface area (Å²) >= 11 is 0. The number of anilines is 3. The van der Waals surface area contributed by atoms with Crippen LogP contribution in [0.3, 0.4) is 0 Å². The van der Waals surface area contributed by atoms with Crippen molar-refractivity contribution in [2.24, 2.45) is 0 Å². The maximum absolute atomic E-state index is 12.7. The Hall–Kier alpha value is -2.84. The number of fused-ring (bicyclic) bond motifs is 2. The predicted molar refractivity (Wildman–Crippen MR) is 113 cm³/mol. The number of amides is 1. The van der Waals surface area contributed by atoms with Gasteiger partial charge in [-0.1, -0.05) is 30.4 Å². The third kappa shape index (κ3) is 3.88. The highest BCUT2D eigenvalue weighted by molar-refractivity contribution is 6.12. The standard InChI is InChI=1S/C23H26N4O/c1-18(10-5-8-17-26-15-6-2-7-16-26)27-21-13-4-3-11-19(21)23(28)25-20-12-9-14-24-22(20)27/h3-4,9,11-14,18H,2,6-8,15-17H2,1H3,(H,25,28). The van der Waals surface area contributed by atoms with Crippen LogP contribution in [-0.2, 0) is 0 Å². The van der Waals surface area contributed by atoms with Crippen molar-refractivity contribution >= 4 is 23.1 Å². The third-order valence-electron chi connectivity index (χ3n) is 5.37. The molecule has 0 aliphatic carbocycles. The van der Waals surface area contributed by atoms with Crippen LogP contribution in [-0.4, -0.2) is 41.5 Å². The Labute approximate surface area is 166 Å². The van der Waals surface area contributed by atoms with Crippen LogP contribution in [0.1, 0.15) is 43.0 Å². The number of likely N-dealkylation sites (tertiary alicyclic amines) is 1. The zero-order valence-electron chi connectivity index (χ0n) is 16.3. The van der Waals surface area contributed by atoms with E-state index in [1.54, 1.807) is 6.20 Å². The van der Waals surface area contributed by atoms with Gasteiger partial charge in [-0.05, 0) is 57.1 Å². The van der Waals surface area contributed by atoms with E-state index < -0.39 is 0 Å². The maximum atomic E-state index is 12.7. The molecule has 0 radical (unpaired) electrons. The van der Waals surface area contributed by atoms with Gasteiger partial charge in [0.2, 0.25) is 0 Å². The van der Waals surface area contributed by atoms with E-state index in [0.717, 1.165) is 24.5 Å². The molecule has 3 heterocycles. The lowest BCUT2D eigenvalue weighted by atomic mass is 10.1. The summed E-state index contributed by atoms with van der Waals surface area (Å²) in [4.78, 5) is 21.8. The van der Waals surface area contributed by atoms with Crippen LogP contribution in [0, 0.1) is 11.8 Å². The van der Waals surface area contributed by atoms with Crippen LogP contribution in [0.5, 0.6) is 0 Å². The van der Waals surface area contributed by atoms with E-state index in [-0.39, 0.29) is 11.9 Å². The average molecular weight is 374 g/mol. The number of piperidine rings is 1. The summed E-state index contributed by atoms with van der Waals surface area (Å²) in [5.74, 6) is 7.36. The average Bonchev–Trinajstić information content (AvgIpc) is 2.86. The molecule has 0 saturated carbocycles. The lowest BCUT2D eigenvalue weighted by molar-refractivity contribution is 0.102. The number of hydrogen-bond donors (Lipinski definition) is 1. The van der Waals surface area contributed by atoms with Crippen LogP contribution in [0.15, 0.2) is 42.6 Å². The van der Waals surface area contributed by atoms with Crippen molar-refractivity contribution in [1.29, 1.82) is 0 Å². The van der Waals surface area contributed by atoms with Gasteiger partial charge in [-0.3, -0.25) is 4.79 Å². The zero-order chi connectivity index (χ0) is 19.3. The summed E-state index contributed by atoms with van der Waals surface area (Å²) in [6.45, 7) is 5.49. The Kier molecular flexibility index (Phi) is 5.59. The van der Waals surface area contributed by atoms with Crippen molar-refractivity contribution in [3.8, 4) is 11.8 Å². The third-order valence-corrected chi connectivity index (χ3v) is 5.37. The van der Waals surface area contributed by atoms with Crippen molar-refractivity contribution in [2.75, 3.05) is 29.9 Å². The molecule has 1 fully saturated rings. The Balaban J connectivity index is 1.58. The second-order valence-corrected chi connectivity index (χ2v) is 7.37. The molecule has 1 N–H and O–H groups in total. The van der Waals surface area contributed by atoms with E-state index >= 15 is 0 Å². The van der Waals surface area contributed by atoms with Crippen molar-refractivity contribution < 1.29 is 4.79 Å². The van der Waals surface area contributed by atoms with Crippen LogP contribution >= 0.6 is 0 Å². The highest BCUT2D eigenvalue weighted by atomic mass is 16.1. The van der Waals surface area contributed by atoms with Gasteiger partial charge in [0.1, 0.15) is 0 Å². The normalized spacial score (nSPS) is 17.5. The van der Waals surface area contributed by atoms with E-state index in [1.165, 1.54) is 32.4 Å². The number of hydrogen-bond acceptors (Lipinski definition) is 4. The van der Waals surface area contributed by atoms with Gasteiger partial charge < -0.3 is 15.1 Å². The second kappa shape index (κ2) is 8.45. The largest absolute Gasteiger partial charge is 0.319 e. The highest BCUT2D eigenvalue weighted by Crippen LogP contribution is 2.37. The van der Waals surface area contributed by atoms with Gasteiger partial charge in [-0.25, -0.2) is 4.98 Å². The SMILES string of the molecule is CC(C#CCCN1CCCCC1)N1c2ccccc2C(=O)Nc2cccnc21. The molecule has 1 saturated heterocycles. The Morgan fingerprint density at radius 3 is 2.82 bits per heavy atom. The van der Waals surface area contributed by atoms with Crippen LogP contribution in [0.2, 0.25) is 0 Å². The van der Waals surface area contributed by atoms with Gasteiger partial charge in [0.05, 0.1) is 23.0 Å². The minimum Gasteiger partial charge on any atom is -0.319 e. The fourth-order valence-corrected chi connectivity index (χ4v) is 3.94. The summed E-state index contributed by atoms with van der Waals surface area (Å²) in [6.07, 6.45) is 6.58. The van der Waals surface area contributed by atoms with Crippen molar-refractivity contribution in [1.82, 2.24) is 9.88 Å². The molecule has 5 heteroatoms. The summed E-state index contributed by atoms with van der Waals surface area (Å²) in [5, 5.41) is 2.98. The zero-order valence-corrected chi connectivity index (χ0v) is 16.3. The molecule has 4 rings (SSSR count). The van der Waals surface area contributed by atoms with Crippen molar-refractivity contribution in [2.45, 2.75) is 38.6 Å². The minimum absolute atomic E-state index is 0.0937. The smallest absolute Gasteiger partial charge is 0.257 e. The summed E-state index contributed by atoms with van der Waals surface area (Å²) in [5.41, 5.74) is 2.20. The van der Waals surface area contributed by atoms with E-state index in [9.17, 15) is 4.79 Å². The fourth-order valence-electron chi connectivity index (χ4n) is 3.94. The van der Waals surface area contributed by atoms with E-state index in [1.807, 2.05) is 36.4 Å². The molecular formula is C23H26N4O. The van der Waals surface area contributed by atoms with Gasteiger partial charge in [0.15, 0.2) is 5.82 Å². The first kappa shape index (κ1) is 18.5. The quantitative estimate of drug-likeness (QED) is 0.824. The molecule has 28 heavy (non-hydrogen) atoms. The summed E-state index contributed by atoms with van der Waals surface area (Å²) < 4.78 is 0. The molecule has 1 amide bonds. The topological polar surface area (TPSA) is 48.5 Å². The molecule has 1 unspecified atom stereocenters. The van der Waals surface area contributed by atoms with Crippen LogP contribution in [0.25, 0.3) is 0 Å². The number of aromatic nitrogens is 1. The maximum Gasteiger partial charge on any atom is 0.257 e. The molecule has 2 aliphatic rings. The van der Waals surface area contributed by atoms with Gasteiger partial charge >= 0.3 is 0 Å². The van der Waals surface area contributed by atoms with E-state index in [2.05, 4.69) is 38.9 Å². The Morgan fingerprint density at radius 1 is 1.14 bits per heavy atom. The Bertz CT molecular complexity index is 908. The molecule has 1 aromatic carbocycles. The molecular weight excluding hydrogens is 348 g/mol. The van der Waals surface area contributed by atoms with E-state index in [0.29, 0.717) is 11.3 Å². The first-order chi connectivity index (χ1) is 13.7. The lowest BCUT2D eigenvalue weighted by Crippen LogP contribution is -2.30. The number of benzene rings is 1. The number of para-hydroxylation sites is 1. The van der Waals surface area contributed by atoms with Crippen molar-refractivity contribution in [3.05, 3.63) is 48.2 Å². The Morgan fingerprint density at radius 2 is 1.96 bits per heavy atom. The first-order valence-corrected chi connectivity index (χ1v) is 10.1. The molecule has 2 aromatic rings. The summed E-state index contributed by atoms with van der Waals surface area (Å²) in [6, 6.07) is 11.3. The van der Waals surface area contributed by atoms with Crippen LogP contribution < -0.4 is 10.2 Å².